The molecule has 2 N–H and O–H groups in total. The van der Waals surface area contributed by atoms with Gasteiger partial charge in [0, 0.05) is 24.0 Å². The van der Waals surface area contributed by atoms with E-state index in [9.17, 15) is 14.0 Å². The zero-order chi connectivity index (χ0) is 18.1. The Morgan fingerprint density at radius 2 is 1.56 bits per heavy atom. The van der Waals surface area contributed by atoms with E-state index >= 15 is 0 Å². The summed E-state index contributed by atoms with van der Waals surface area (Å²) < 4.78 is 13.8. The molecule has 0 atom stereocenters. The number of halogens is 2. The van der Waals surface area contributed by atoms with Crippen molar-refractivity contribution in [3.63, 3.8) is 0 Å². The zero-order valence-electron chi connectivity index (χ0n) is 13.7. The van der Waals surface area contributed by atoms with Crippen molar-refractivity contribution in [2.75, 3.05) is 13.1 Å². The van der Waals surface area contributed by atoms with Gasteiger partial charge in [-0.3, -0.25) is 9.59 Å². The van der Waals surface area contributed by atoms with Gasteiger partial charge < -0.3 is 10.6 Å². The summed E-state index contributed by atoms with van der Waals surface area (Å²) in [6.45, 7) is 0.741. The van der Waals surface area contributed by atoms with E-state index in [1.165, 1.54) is 12.1 Å². The Morgan fingerprint density at radius 1 is 0.920 bits per heavy atom. The molecule has 2 aromatic rings. The third kappa shape index (κ3) is 7.05. The van der Waals surface area contributed by atoms with Crippen LogP contribution in [0.25, 0.3) is 0 Å². The third-order valence-corrected chi connectivity index (χ3v) is 4.40. The molecule has 2 aromatic carbocycles. The Bertz CT molecular complexity index is 720. The Labute approximate surface area is 154 Å². The molecule has 0 radical (unpaired) electrons. The van der Waals surface area contributed by atoms with Gasteiger partial charge in [0.25, 0.3) is 0 Å². The number of carbonyl (C=O) groups is 2. The molecule has 2 rings (SSSR count). The predicted octanol–water partition coefficient (Wildman–Crippen LogP) is 3.00. The summed E-state index contributed by atoms with van der Waals surface area (Å²) in [5.74, 6) is -0.535. The van der Waals surface area contributed by atoms with Crippen LogP contribution in [0.4, 0.5) is 4.39 Å². The number of aryl methyl sites for hydroxylation is 1. The molecule has 0 unspecified atom stereocenters. The molecule has 0 spiro atoms. The van der Waals surface area contributed by atoms with Gasteiger partial charge in [-0.05, 0) is 35.7 Å². The van der Waals surface area contributed by atoms with Crippen molar-refractivity contribution >= 4 is 27.7 Å². The maximum Gasteiger partial charge on any atom is 0.224 e. The minimum absolute atomic E-state index is 0.0523. The van der Waals surface area contributed by atoms with Crippen LogP contribution < -0.4 is 10.6 Å². The van der Waals surface area contributed by atoms with Gasteiger partial charge in [0.2, 0.25) is 11.8 Å². The molecule has 0 saturated heterocycles. The van der Waals surface area contributed by atoms with E-state index in [-0.39, 0.29) is 24.1 Å². The maximum atomic E-state index is 12.8. The first-order valence-electron chi connectivity index (χ1n) is 8.06. The van der Waals surface area contributed by atoms with Crippen molar-refractivity contribution in [2.24, 2.45) is 0 Å². The first-order valence-corrected chi connectivity index (χ1v) is 8.85. The highest BCUT2D eigenvalue weighted by Crippen LogP contribution is 2.17. The molecule has 0 aliphatic rings. The van der Waals surface area contributed by atoms with Crippen LogP contribution >= 0.6 is 15.9 Å². The van der Waals surface area contributed by atoms with Crippen LogP contribution in [-0.4, -0.2) is 24.9 Å². The van der Waals surface area contributed by atoms with Gasteiger partial charge in [-0.2, -0.15) is 0 Å². The van der Waals surface area contributed by atoms with Crippen LogP contribution in [-0.2, 0) is 22.4 Å². The minimum atomic E-state index is -0.325. The van der Waals surface area contributed by atoms with E-state index in [1.807, 2.05) is 24.3 Å². The van der Waals surface area contributed by atoms with Gasteiger partial charge in [-0.15, -0.1) is 0 Å². The van der Waals surface area contributed by atoms with Gasteiger partial charge in [0.15, 0.2) is 0 Å². The van der Waals surface area contributed by atoms with E-state index in [0.717, 1.165) is 15.6 Å². The Kier molecular flexibility index (Phi) is 7.60. The molecule has 132 valence electrons. The molecular weight excluding hydrogens is 387 g/mol. The lowest BCUT2D eigenvalue weighted by atomic mass is 10.1. The number of hydrogen-bond donors (Lipinski definition) is 2. The number of hydrogen-bond acceptors (Lipinski definition) is 2. The topological polar surface area (TPSA) is 58.2 Å². The molecule has 0 saturated carbocycles. The Hall–Kier alpha value is -2.21. The van der Waals surface area contributed by atoms with E-state index in [4.69, 9.17) is 0 Å². The average molecular weight is 407 g/mol. The smallest absolute Gasteiger partial charge is 0.224 e. The molecular formula is C19H20BrFN2O2. The van der Waals surface area contributed by atoms with E-state index in [1.54, 1.807) is 12.1 Å². The zero-order valence-corrected chi connectivity index (χ0v) is 15.3. The van der Waals surface area contributed by atoms with Crippen LogP contribution in [0.3, 0.4) is 0 Å². The molecule has 0 heterocycles. The lowest BCUT2D eigenvalue weighted by Gasteiger charge is -2.08. The van der Waals surface area contributed by atoms with Crippen molar-refractivity contribution in [3.8, 4) is 0 Å². The predicted molar refractivity (Wildman–Crippen MR) is 98.6 cm³/mol. The summed E-state index contributed by atoms with van der Waals surface area (Å²) in [5, 5.41) is 5.51. The molecule has 0 aliphatic carbocycles. The van der Waals surface area contributed by atoms with Crippen molar-refractivity contribution < 1.29 is 14.0 Å². The van der Waals surface area contributed by atoms with Crippen molar-refractivity contribution in [3.05, 3.63) is 69.9 Å². The van der Waals surface area contributed by atoms with Crippen molar-refractivity contribution in [2.45, 2.75) is 19.3 Å². The maximum absolute atomic E-state index is 12.8. The first kappa shape index (κ1) is 19.1. The second-order valence-electron chi connectivity index (χ2n) is 5.59. The molecule has 0 aromatic heterocycles. The lowest BCUT2D eigenvalue weighted by Crippen LogP contribution is -2.35. The summed E-state index contributed by atoms with van der Waals surface area (Å²) >= 11 is 3.46. The van der Waals surface area contributed by atoms with Gasteiger partial charge in [-0.1, -0.05) is 46.3 Å². The number of nitrogens with one attached hydrogen (secondary N) is 2. The van der Waals surface area contributed by atoms with Gasteiger partial charge >= 0.3 is 0 Å². The quantitative estimate of drug-likeness (QED) is 0.662. The van der Waals surface area contributed by atoms with Gasteiger partial charge in [0.1, 0.15) is 5.82 Å². The molecule has 0 aliphatic heterocycles. The standard InChI is InChI=1S/C19H20BrFN2O2/c20-17-4-2-1-3-15(17)7-10-18(24)22-11-12-23-19(25)13-14-5-8-16(21)9-6-14/h1-6,8-9H,7,10-13H2,(H,22,24)(H,23,25). The van der Waals surface area contributed by atoms with Crippen molar-refractivity contribution in [1.82, 2.24) is 10.6 Å². The highest BCUT2D eigenvalue weighted by atomic mass is 79.9. The summed E-state index contributed by atoms with van der Waals surface area (Å²) in [7, 11) is 0. The van der Waals surface area contributed by atoms with Gasteiger partial charge in [-0.25, -0.2) is 4.39 Å². The lowest BCUT2D eigenvalue weighted by molar-refractivity contribution is -0.122. The monoisotopic (exact) mass is 406 g/mol. The molecule has 6 heteroatoms. The SMILES string of the molecule is O=C(CCc1ccccc1Br)NCCNC(=O)Cc1ccc(F)cc1. The number of benzene rings is 2. The summed E-state index contributed by atoms with van der Waals surface area (Å²) in [6.07, 6.45) is 1.24. The second kappa shape index (κ2) is 9.93. The summed E-state index contributed by atoms with van der Waals surface area (Å²) in [4.78, 5) is 23.6. The highest BCUT2D eigenvalue weighted by Gasteiger charge is 2.06. The fraction of sp³-hybridized carbons (Fsp3) is 0.263. The van der Waals surface area contributed by atoms with Crippen LogP contribution in [0.1, 0.15) is 17.5 Å². The largest absolute Gasteiger partial charge is 0.354 e. The first-order chi connectivity index (χ1) is 12.0. The van der Waals surface area contributed by atoms with E-state index < -0.39 is 0 Å². The van der Waals surface area contributed by atoms with E-state index in [2.05, 4.69) is 26.6 Å². The molecule has 25 heavy (non-hydrogen) atoms. The number of carbonyl (C=O) groups excluding carboxylic acids is 2. The summed E-state index contributed by atoms with van der Waals surface area (Å²) in [5.41, 5.74) is 1.83. The molecule has 2 amide bonds. The fourth-order valence-electron chi connectivity index (χ4n) is 2.29. The summed E-state index contributed by atoms with van der Waals surface area (Å²) in [6, 6.07) is 13.6. The molecule has 4 nitrogen and oxygen atoms in total. The van der Waals surface area contributed by atoms with Crippen LogP contribution in [0.5, 0.6) is 0 Å². The van der Waals surface area contributed by atoms with Crippen molar-refractivity contribution in [1.29, 1.82) is 0 Å². The second-order valence-corrected chi connectivity index (χ2v) is 6.45. The Balaban J connectivity index is 1.60. The molecule has 0 bridgehead atoms. The highest BCUT2D eigenvalue weighted by molar-refractivity contribution is 9.10. The van der Waals surface area contributed by atoms with Crippen LogP contribution in [0, 0.1) is 5.82 Å². The van der Waals surface area contributed by atoms with Crippen LogP contribution in [0.2, 0.25) is 0 Å². The van der Waals surface area contributed by atoms with Crippen LogP contribution in [0.15, 0.2) is 53.0 Å². The number of amides is 2. The minimum Gasteiger partial charge on any atom is -0.354 e. The van der Waals surface area contributed by atoms with E-state index in [0.29, 0.717) is 25.9 Å². The fourth-order valence-corrected chi connectivity index (χ4v) is 2.77. The Morgan fingerprint density at radius 3 is 2.24 bits per heavy atom. The average Bonchev–Trinajstić information content (AvgIpc) is 2.60. The van der Waals surface area contributed by atoms with Gasteiger partial charge in [0.05, 0.1) is 6.42 Å². The normalized spacial score (nSPS) is 10.3. The third-order valence-electron chi connectivity index (χ3n) is 3.63. The molecule has 0 fully saturated rings. The number of rotatable bonds is 8.